The number of hydrogen-bond donors (Lipinski definition) is 3. The Hall–Kier alpha value is -1.59. The van der Waals surface area contributed by atoms with Gasteiger partial charge >= 0.3 is 0 Å². The molecule has 19 heavy (non-hydrogen) atoms. The Balaban J connectivity index is 0.00000180. The minimum absolute atomic E-state index is 0. The molecule has 0 unspecified atom stereocenters. The highest BCUT2D eigenvalue weighted by Crippen LogP contribution is 2.16. The molecule has 2 rings (SSSR count). The highest BCUT2D eigenvalue weighted by atomic mass is 35.5. The monoisotopic (exact) mass is 283 g/mol. The van der Waals surface area contributed by atoms with Gasteiger partial charge in [0.15, 0.2) is 0 Å². The van der Waals surface area contributed by atoms with E-state index in [9.17, 15) is 9.59 Å². The van der Waals surface area contributed by atoms with Gasteiger partial charge in [0, 0.05) is 38.7 Å². The number of rotatable bonds is 4. The quantitative estimate of drug-likeness (QED) is 0.757. The van der Waals surface area contributed by atoms with Gasteiger partial charge in [-0.15, -0.1) is 12.4 Å². The summed E-state index contributed by atoms with van der Waals surface area (Å²) in [6.07, 6.45) is 0.300. The molecule has 1 aliphatic rings. The van der Waals surface area contributed by atoms with Crippen molar-refractivity contribution < 1.29 is 9.59 Å². The summed E-state index contributed by atoms with van der Waals surface area (Å²) in [5.41, 5.74) is 3.07. The number of nitrogens with one attached hydrogen (secondary N) is 3. The van der Waals surface area contributed by atoms with Crippen molar-refractivity contribution in [2.75, 3.05) is 13.6 Å². The summed E-state index contributed by atoms with van der Waals surface area (Å²) in [6.45, 7) is 2.04. The van der Waals surface area contributed by atoms with Crippen molar-refractivity contribution in [3.8, 4) is 0 Å². The standard InChI is InChI=1S/C13H17N3O2.ClH/c1-14-12(17)4-5-16-13(18)9-2-3-10-7-15-8-11(10)6-9;/h2-3,6,15H,4-5,7-8H2,1H3,(H,14,17)(H,16,18);1H. The van der Waals surface area contributed by atoms with Crippen LogP contribution in [0.5, 0.6) is 0 Å². The van der Waals surface area contributed by atoms with Crippen LogP contribution in [0.25, 0.3) is 0 Å². The lowest BCUT2D eigenvalue weighted by atomic mass is 10.1. The molecule has 0 bridgehead atoms. The maximum atomic E-state index is 11.9. The maximum Gasteiger partial charge on any atom is 0.251 e. The molecule has 3 N–H and O–H groups in total. The van der Waals surface area contributed by atoms with Gasteiger partial charge in [-0.1, -0.05) is 6.07 Å². The zero-order chi connectivity index (χ0) is 13.0. The van der Waals surface area contributed by atoms with E-state index in [0.717, 1.165) is 13.1 Å². The van der Waals surface area contributed by atoms with Gasteiger partial charge in [0.05, 0.1) is 0 Å². The van der Waals surface area contributed by atoms with Gasteiger partial charge in [0.2, 0.25) is 5.91 Å². The van der Waals surface area contributed by atoms with Crippen molar-refractivity contribution in [1.82, 2.24) is 16.0 Å². The van der Waals surface area contributed by atoms with Crippen LogP contribution in [0, 0.1) is 0 Å². The zero-order valence-electron chi connectivity index (χ0n) is 10.8. The van der Waals surface area contributed by atoms with Crippen LogP contribution in [0.2, 0.25) is 0 Å². The SMILES string of the molecule is CNC(=O)CCNC(=O)c1ccc2c(c1)CNC2.Cl. The maximum absolute atomic E-state index is 11.9. The third-order valence-electron chi connectivity index (χ3n) is 3.02. The molecule has 104 valence electrons. The third kappa shape index (κ3) is 3.94. The summed E-state index contributed by atoms with van der Waals surface area (Å²) in [5, 5.41) is 8.48. The summed E-state index contributed by atoms with van der Waals surface area (Å²) >= 11 is 0. The molecule has 0 atom stereocenters. The predicted octanol–water partition coefficient (Wildman–Crippen LogP) is 0.577. The Labute approximate surface area is 118 Å². The van der Waals surface area contributed by atoms with Gasteiger partial charge in [-0.3, -0.25) is 9.59 Å². The van der Waals surface area contributed by atoms with Crippen LogP contribution >= 0.6 is 12.4 Å². The summed E-state index contributed by atoms with van der Waals surface area (Å²) in [6, 6.07) is 5.70. The van der Waals surface area contributed by atoms with E-state index in [2.05, 4.69) is 16.0 Å². The molecule has 0 radical (unpaired) electrons. The average molecular weight is 284 g/mol. The summed E-state index contributed by atoms with van der Waals surface area (Å²) in [4.78, 5) is 22.9. The van der Waals surface area contributed by atoms with E-state index in [-0.39, 0.29) is 24.2 Å². The highest BCUT2D eigenvalue weighted by molar-refractivity contribution is 5.94. The molecule has 6 heteroatoms. The van der Waals surface area contributed by atoms with Crippen LogP contribution in [-0.4, -0.2) is 25.4 Å². The first kappa shape index (κ1) is 15.5. The van der Waals surface area contributed by atoms with Crippen molar-refractivity contribution in [2.24, 2.45) is 0 Å². The molecule has 1 heterocycles. The number of benzene rings is 1. The van der Waals surface area contributed by atoms with Gasteiger partial charge in [-0.05, 0) is 23.3 Å². The van der Waals surface area contributed by atoms with E-state index in [1.165, 1.54) is 11.1 Å². The molecule has 0 saturated heterocycles. The molecule has 1 aromatic carbocycles. The molecule has 0 aliphatic carbocycles. The normalized spacial score (nSPS) is 12.3. The van der Waals surface area contributed by atoms with Crippen LogP contribution in [0.1, 0.15) is 27.9 Å². The molecule has 5 nitrogen and oxygen atoms in total. The van der Waals surface area contributed by atoms with E-state index in [1.807, 2.05) is 18.2 Å². The summed E-state index contributed by atoms with van der Waals surface area (Å²) in [7, 11) is 1.58. The lowest BCUT2D eigenvalue weighted by Crippen LogP contribution is -2.29. The molecule has 0 fully saturated rings. The van der Waals surface area contributed by atoms with Crippen molar-refractivity contribution in [2.45, 2.75) is 19.5 Å². The highest BCUT2D eigenvalue weighted by Gasteiger charge is 2.13. The Kier molecular flexibility index (Phi) is 5.79. The Morgan fingerprint density at radius 2 is 2.00 bits per heavy atom. The summed E-state index contributed by atoms with van der Waals surface area (Å²) in [5.74, 6) is -0.206. The number of carbonyl (C=O) groups is 2. The second kappa shape index (κ2) is 7.11. The first-order chi connectivity index (χ1) is 8.70. The van der Waals surface area contributed by atoms with Crippen LogP contribution in [0.4, 0.5) is 0 Å². The zero-order valence-corrected chi connectivity index (χ0v) is 11.6. The van der Waals surface area contributed by atoms with Crippen molar-refractivity contribution in [1.29, 1.82) is 0 Å². The Morgan fingerprint density at radius 1 is 1.26 bits per heavy atom. The predicted molar refractivity (Wildman–Crippen MR) is 75.3 cm³/mol. The lowest BCUT2D eigenvalue weighted by Gasteiger charge is -2.06. The van der Waals surface area contributed by atoms with Crippen LogP contribution in [0.15, 0.2) is 18.2 Å². The fraction of sp³-hybridized carbons (Fsp3) is 0.385. The molecule has 0 saturated carbocycles. The molecule has 1 aromatic rings. The number of halogens is 1. The van der Waals surface area contributed by atoms with Crippen LogP contribution in [0.3, 0.4) is 0 Å². The van der Waals surface area contributed by atoms with E-state index < -0.39 is 0 Å². The van der Waals surface area contributed by atoms with E-state index in [0.29, 0.717) is 18.5 Å². The van der Waals surface area contributed by atoms with Crippen LogP contribution < -0.4 is 16.0 Å². The molecule has 1 aliphatic heterocycles. The second-order valence-corrected chi connectivity index (χ2v) is 4.27. The average Bonchev–Trinajstić information content (AvgIpc) is 2.85. The first-order valence-electron chi connectivity index (χ1n) is 6.02. The van der Waals surface area contributed by atoms with Crippen LogP contribution in [-0.2, 0) is 17.9 Å². The van der Waals surface area contributed by atoms with E-state index >= 15 is 0 Å². The minimum atomic E-state index is -0.131. The first-order valence-corrected chi connectivity index (χ1v) is 6.02. The number of hydrogen-bond acceptors (Lipinski definition) is 3. The fourth-order valence-corrected chi connectivity index (χ4v) is 1.95. The van der Waals surface area contributed by atoms with Crippen molar-refractivity contribution >= 4 is 24.2 Å². The van der Waals surface area contributed by atoms with Gasteiger partial charge in [-0.2, -0.15) is 0 Å². The summed E-state index contributed by atoms with van der Waals surface area (Å²) < 4.78 is 0. The van der Waals surface area contributed by atoms with E-state index in [4.69, 9.17) is 0 Å². The lowest BCUT2D eigenvalue weighted by molar-refractivity contribution is -0.120. The van der Waals surface area contributed by atoms with E-state index in [1.54, 1.807) is 7.05 Å². The number of amides is 2. The largest absolute Gasteiger partial charge is 0.359 e. The minimum Gasteiger partial charge on any atom is -0.359 e. The van der Waals surface area contributed by atoms with Crippen molar-refractivity contribution in [3.05, 3.63) is 34.9 Å². The van der Waals surface area contributed by atoms with Gasteiger partial charge in [0.25, 0.3) is 5.91 Å². The smallest absolute Gasteiger partial charge is 0.251 e. The second-order valence-electron chi connectivity index (χ2n) is 4.27. The van der Waals surface area contributed by atoms with Gasteiger partial charge < -0.3 is 16.0 Å². The third-order valence-corrected chi connectivity index (χ3v) is 3.02. The fourth-order valence-electron chi connectivity index (χ4n) is 1.95. The molecule has 0 spiro atoms. The van der Waals surface area contributed by atoms with Gasteiger partial charge in [-0.25, -0.2) is 0 Å². The molecule has 2 amide bonds. The molecular formula is C13H18ClN3O2. The van der Waals surface area contributed by atoms with Crippen molar-refractivity contribution in [3.63, 3.8) is 0 Å². The molecular weight excluding hydrogens is 266 g/mol. The Morgan fingerprint density at radius 3 is 2.74 bits per heavy atom. The topological polar surface area (TPSA) is 70.2 Å². The number of carbonyl (C=O) groups excluding carboxylic acids is 2. The molecule has 0 aromatic heterocycles. The Bertz CT molecular complexity index is 477. The number of fused-ring (bicyclic) bond motifs is 1. The van der Waals surface area contributed by atoms with Gasteiger partial charge in [0.1, 0.15) is 0 Å².